The zero-order valence-electron chi connectivity index (χ0n) is 31.1. The van der Waals surface area contributed by atoms with E-state index in [-0.39, 0.29) is 0 Å². The number of fused-ring (bicyclic) bond motifs is 8. The van der Waals surface area contributed by atoms with Crippen molar-refractivity contribution in [2.24, 2.45) is 0 Å². The Hall–Kier alpha value is -7.89. The fraction of sp³-hybridized carbons (Fsp3) is 0. The predicted molar refractivity (Wildman–Crippen MR) is 237 cm³/mol. The Bertz CT molecular complexity index is 3530. The molecular weight excluding hydrogens is 713 g/mol. The van der Waals surface area contributed by atoms with Crippen molar-refractivity contribution in [1.82, 2.24) is 4.98 Å². The average Bonchev–Trinajstić information content (AvgIpc) is 4.00. The lowest BCUT2D eigenvalue weighted by molar-refractivity contribution is 0.621. The van der Waals surface area contributed by atoms with Gasteiger partial charge in [-0.25, -0.2) is 4.98 Å². The molecule has 0 saturated carbocycles. The third-order valence-electron chi connectivity index (χ3n) is 11.3. The molecule has 0 unspecified atom stereocenters. The van der Waals surface area contributed by atoms with E-state index in [1.165, 1.54) is 16.3 Å². The van der Waals surface area contributed by atoms with Gasteiger partial charge in [-0.2, -0.15) is 0 Å². The van der Waals surface area contributed by atoms with Crippen LogP contribution in [0.15, 0.2) is 207 Å². The van der Waals surface area contributed by atoms with Crippen LogP contribution < -0.4 is 4.90 Å². The van der Waals surface area contributed by atoms with E-state index in [1.807, 2.05) is 54.6 Å². The number of benzene rings is 9. The molecule has 0 saturated heterocycles. The minimum absolute atomic E-state index is 0.565. The summed E-state index contributed by atoms with van der Waals surface area (Å²) >= 11 is 0. The van der Waals surface area contributed by atoms with Crippen molar-refractivity contribution < 1.29 is 13.3 Å². The van der Waals surface area contributed by atoms with Gasteiger partial charge in [-0.1, -0.05) is 115 Å². The van der Waals surface area contributed by atoms with E-state index in [0.717, 1.165) is 94.3 Å². The van der Waals surface area contributed by atoms with Gasteiger partial charge in [0.15, 0.2) is 5.58 Å². The molecule has 0 fully saturated rings. The summed E-state index contributed by atoms with van der Waals surface area (Å²) in [5.41, 5.74) is 13.2. The molecular formula is C53H32N2O3. The van der Waals surface area contributed by atoms with Crippen LogP contribution in [0.1, 0.15) is 0 Å². The number of hydrogen-bond acceptors (Lipinski definition) is 5. The molecule has 12 aromatic rings. The zero-order valence-corrected chi connectivity index (χ0v) is 31.1. The standard InChI is InChI=1S/C53H32N2O3/c1-2-11-35-30-37(23-22-33(35)10-1)36-12-7-13-39(31-36)55(40-28-29-43-42-14-3-5-19-47(42)57-50(43)32-40)38-26-24-34(25-27-38)41-16-8-18-46-52(41)58-53(54-46)45-17-9-21-49-51(45)44-15-4-6-20-48(44)56-49/h1-32H. The Kier molecular flexibility index (Phi) is 7.16. The number of nitrogens with zero attached hydrogens (tertiary/aromatic N) is 2. The summed E-state index contributed by atoms with van der Waals surface area (Å²) in [5.74, 6) is 0.565. The number of furan rings is 2. The molecule has 5 heteroatoms. The van der Waals surface area contributed by atoms with Crippen LogP contribution in [-0.4, -0.2) is 4.98 Å². The van der Waals surface area contributed by atoms with Gasteiger partial charge in [-0.15, -0.1) is 0 Å². The highest BCUT2D eigenvalue weighted by atomic mass is 16.4. The van der Waals surface area contributed by atoms with Gasteiger partial charge in [0.2, 0.25) is 5.89 Å². The Balaban J connectivity index is 0.968. The highest BCUT2D eigenvalue weighted by Gasteiger charge is 2.20. The first-order valence-corrected chi connectivity index (χ1v) is 19.4. The molecule has 0 atom stereocenters. The second-order valence-corrected chi connectivity index (χ2v) is 14.7. The lowest BCUT2D eigenvalue weighted by Crippen LogP contribution is -2.10. The maximum atomic E-state index is 6.66. The molecule has 0 aliphatic rings. The van der Waals surface area contributed by atoms with Crippen molar-refractivity contribution in [3.63, 3.8) is 0 Å². The first kappa shape index (κ1) is 32.4. The topological polar surface area (TPSA) is 55.6 Å². The Morgan fingerprint density at radius 1 is 0.362 bits per heavy atom. The van der Waals surface area contributed by atoms with Crippen molar-refractivity contribution in [1.29, 1.82) is 0 Å². The van der Waals surface area contributed by atoms with Crippen LogP contribution in [0.4, 0.5) is 17.1 Å². The summed E-state index contributed by atoms with van der Waals surface area (Å²) in [5, 5.41) is 6.69. The van der Waals surface area contributed by atoms with Crippen LogP contribution in [0.25, 0.3) is 99.5 Å². The van der Waals surface area contributed by atoms with Gasteiger partial charge in [-0.3, -0.25) is 0 Å². The minimum atomic E-state index is 0.565. The summed E-state index contributed by atoms with van der Waals surface area (Å²) in [7, 11) is 0. The molecule has 0 bridgehead atoms. The number of hydrogen-bond donors (Lipinski definition) is 0. The number of rotatable bonds is 6. The molecule has 0 radical (unpaired) electrons. The van der Waals surface area contributed by atoms with Crippen molar-refractivity contribution in [2.45, 2.75) is 0 Å². The highest BCUT2D eigenvalue weighted by Crippen LogP contribution is 2.42. The Labute approximate surface area is 332 Å². The fourth-order valence-corrected chi connectivity index (χ4v) is 8.53. The lowest BCUT2D eigenvalue weighted by Gasteiger charge is -2.26. The van der Waals surface area contributed by atoms with E-state index >= 15 is 0 Å². The molecule has 272 valence electrons. The summed E-state index contributed by atoms with van der Waals surface area (Å²) in [6.45, 7) is 0. The first-order chi connectivity index (χ1) is 28.7. The molecule has 3 heterocycles. The van der Waals surface area contributed by atoms with Crippen LogP contribution in [0.3, 0.4) is 0 Å². The highest BCUT2D eigenvalue weighted by molar-refractivity contribution is 6.12. The van der Waals surface area contributed by atoms with Gasteiger partial charge in [0.1, 0.15) is 27.8 Å². The van der Waals surface area contributed by atoms with E-state index in [2.05, 4.69) is 144 Å². The molecule has 12 rings (SSSR count). The quantitative estimate of drug-likeness (QED) is 0.170. The minimum Gasteiger partial charge on any atom is -0.456 e. The Morgan fingerprint density at radius 2 is 1.00 bits per heavy atom. The van der Waals surface area contributed by atoms with E-state index in [0.29, 0.717) is 5.89 Å². The molecule has 0 N–H and O–H groups in total. The predicted octanol–water partition coefficient (Wildman–Crippen LogP) is 15.3. The van der Waals surface area contributed by atoms with Crippen molar-refractivity contribution in [3.8, 4) is 33.7 Å². The normalized spacial score (nSPS) is 11.8. The van der Waals surface area contributed by atoms with Crippen molar-refractivity contribution in [3.05, 3.63) is 194 Å². The lowest BCUT2D eigenvalue weighted by atomic mass is 10.00. The summed E-state index contributed by atoms with van der Waals surface area (Å²) in [6, 6.07) is 67.6. The second-order valence-electron chi connectivity index (χ2n) is 14.7. The van der Waals surface area contributed by atoms with Gasteiger partial charge in [0.05, 0.1) is 0 Å². The number of oxazole rings is 1. The SMILES string of the molecule is c1cc(-c2ccc3ccccc3c2)cc(N(c2ccc(-c3cccc4nc(-c5cccc6oc7ccccc7c56)oc34)cc2)c2ccc3c(c2)oc2ccccc23)c1. The maximum Gasteiger partial charge on any atom is 0.228 e. The van der Waals surface area contributed by atoms with E-state index in [1.54, 1.807) is 0 Å². The first-order valence-electron chi connectivity index (χ1n) is 19.4. The van der Waals surface area contributed by atoms with E-state index in [9.17, 15) is 0 Å². The number of aromatic nitrogens is 1. The van der Waals surface area contributed by atoms with E-state index < -0.39 is 0 Å². The molecule has 0 spiro atoms. The van der Waals surface area contributed by atoms with Crippen LogP contribution in [0.5, 0.6) is 0 Å². The third kappa shape index (κ3) is 5.21. The summed E-state index contributed by atoms with van der Waals surface area (Å²) < 4.78 is 19.2. The largest absolute Gasteiger partial charge is 0.456 e. The molecule has 5 nitrogen and oxygen atoms in total. The summed E-state index contributed by atoms with van der Waals surface area (Å²) in [4.78, 5) is 7.29. The van der Waals surface area contributed by atoms with Gasteiger partial charge in [-0.05, 0) is 100 Å². The third-order valence-corrected chi connectivity index (χ3v) is 11.3. The molecule has 9 aromatic carbocycles. The fourth-order valence-electron chi connectivity index (χ4n) is 8.53. The molecule has 0 amide bonds. The van der Waals surface area contributed by atoms with Crippen molar-refractivity contribution >= 4 is 82.8 Å². The number of para-hydroxylation sites is 3. The van der Waals surface area contributed by atoms with Crippen LogP contribution >= 0.6 is 0 Å². The number of anilines is 3. The molecule has 0 aliphatic heterocycles. The molecule has 58 heavy (non-hydrogen) atoms. The second kappa shape index (κ2) is 12.8. The van der Waals surface area contributed by atoms with Crippen LogP contribution in [-0.2, 0) is 0 Å². The van der Waals surface area contributed by atoms with Gasteiger partial charge in [0.25, 0.3) is 0 Å². The maximum absolute atomic E-state index is 6.66. The van der Waals surface area contributed by atoms with Crippen LogP contribution in [0, 0.1) is 0 Å². The molecule has 0 aliphatic carbocycles. The van der Waals surface area contributed by atoms with Crippen molar-refractivity contribution in [2.75, 3.05) is 4.90 Å². The molecule has 3 aromatic heterocycles. The van der Waals surface area contributed by atoms with Gasteiger partial charge >= 0.3 is 0 Å². The van der Waals surface area contributed by atoms with Gasteiger partial charge < -0.3 is 18.2 Å². The van der Waals surface area contributed by atoms with Gasteiger partial charge in [0, 0.05) is 55.8 Å². The van der Waals surface area contributed by atoms with Crippen LogP contribution in [0.2, 0.25) is 0 Å². The summed E-state index contributed by atoms with van der Waals surface area (Å²) in [6.07, 6.45) is 0. The average molecular weight is 745 g/mol. The Morgan fingerprint density at radius 3 is 1.90 bits per heavy atom. The zero-order chi connectivity index (χ0) is 38.2. The van der Waals surface area contributed by atoms with E-state index in [4.69, 9.17) is 18.2 Å². The smallest absolute Gasteiger partial charge is 0.228 e. The monoisotopic (exact) mass is 744 g/mol.